The molecule has 3 unspecified atom stereocenters. The molecule has 0 amide bonds. The molecule has 0 aliphatic heterocycles. The van der Waals surface area contributed by atoms with Gasteiger partial charge in [0.05, 0.1) is 6.10 Å². The van der Waals surface area contributed by atoms with Gasteiger partial charge in [0.25, 0.3) is 0 Å². The lowest BCUT2D eigenvalue weighted by Gasteiger charge is -2.66. The molecule has 8 atom stereocenters. The van der Waals surface area contributed by atoms with Gasteiger partial charge in [0.2, 0.25) is 0 Å². The van der Waals surface area contributed by atoms with Crippen LogP contribution >= 0.6 is 0 Å². The van der Waals surface area contributed by atoms with E-state index in [1.807, 2.05) is 20.8 Å². The summed E-state index contributed by atoms with van der Waals surface area (Å²) in [5.41, 5.74) is -2.21. The second kappa shape index (κ2) is 9.91. The van der Waals surface area contributed by atoms with Crippen LogP contribution in [0.1, 0.15) is 92.4 Å². The third-order valence-electron chi connectivity index (χ3n) is 11.4. The second-order valence-electron chi connectivity index (χ2n) is 12.6. The predicted octanol–water partition coefficient (Wildman–Crippen LogP) is 5.62. The molecule has 0 aromatic carbocycles. The lowest BCUT2D eigenvalue weighted by atomic mass is 9.42. The standard InChI is InChI=1S/C30H50O6/c1-6-32-20-34-23-11-13-26(4)22(19-23)9-10-25-24(26)12-14-27(5)29(25,36-21-33-7-2)17-18-30(27,31)28(15-16-28)35-8-3/h17-18,22-25,31H,6-16,19-21H2,1-5H3/t22?,23?,24-,25-,26+,27+,29-,30?/m1/s1. The molecule has 4 saturated carbocycles. The highest BCUT2D eigenvalue weighted by molar-refractivity contribution is 5.40. The number of fused-ring (bicyclic) bond motifs is 5. The first-order chi connectivity index (χ1) is 17.3. The third-order valence-corrected chi connectivity index (χ3v) is 11.4. The van der Waals surface area contributed by atoms with Crippen LogP contribution in [0.4, 0.5) is 0 Å². The molecule has 5 aliphatic rings. The Morgan fingerprint density at radius 3 is 2.22 bits per heavy atom. The Hall–Kier alpha value is -0.500. The van der Waals surface area contributed by atoms with Crippen LogP contribution in [-0.4, -0.2) is 61.4 Å². The van der Waals surface area contributed by atoms with Gasteiger partial charge in [-0.15, -0.1) is 0 Å². The van der Waals surface area contributed by atoms with Gasteiger partial charge >= 0.3 is 0 Å². The zero-order valence-corrected chi connectivity index (χ0v) is 23.4. The monoisotopic (exact) mass is 506 g/mol. The Labute approximate surface area is 218 Å². The molecule has 0 saturated heterocycles. The molecule has 0 radical (unpaired) electrons. The molecule has 6 heteroatoms. The zero-order chi connectivity index (χ0) is 25.7. The maximum absolute atomic E-state index is 12.5. The van der Waals surface area contributed by atoms with Crippen LogP contribution in [0.15, 0.2) is 12.2 Å². The molecule has 0 aromatic rings. The Morgan fingerprint density at radius 1 is 0.778 bits per heavy atom. The molecule has 36 heavy (non-hydrogen) atoms. The van der Waals surface area contributed by atoms with E-state index in [4.69, 9.17) is 23.7 Å². The Kier molecular flexibility index (Phi) is 7.46. The van der Waals surface area contributed by atoms with E-state index in [0.717, 1.165) is 44.9 Å². The fourth-order valence-corrected chi connectivity index (χ4v) is 9.27. The number of hydrogen-bond acceptors (Lipinski definition) is 6. The molecule has 0 heterocycles. The predicted molar refractivity (Wildman–Crippen MR) is 138 cm³/mol. The van der Waals surface area contributed by atoms with Gasteiger partial charge in [-0.25, -0.2) is 0 Å². The van der Waals surface area contributed by atoms with E-state index in [2.05, 4.69) is 26.0 Å². The number of rotatable bonds is 11. The summed E-state index contributed by atoms with van der Waals surface area (Å²) in [6.07, 6.45) is 14.2. The van der Waals surface area contributed by atoms with E-state index >= 15 is 0 Å². The zero-order valence-electron chi connectivity index (χ0n) is 23.4. The largest absolute Gasteiger partial charge is 0.382 e. The Bertz CT molecular complexity index is 811. The quantitative estimate of drug-likeness (QED) is 0.223. The molecule has 0 aromatic heterocycles. The number of hydrogen-bond donors (Lipinski definition) is 1. The minimum atomic E-state index is -1.02. The molecule has 5 aliphatic carbocycles. The molecule has 1 N–H and O–H groups in total. The SMILES string of the molecule is CCOCOC1CC[C@@]2(C)C(CC[C@@H]3[C@H]2CC[C@]2(C)C(O)(C4(OCC)CC4)C=C[C@@]32OCOCC)C1. The van der Waals surface area contributed by atoms with Crippen LogP contribution in [0.3, 0.4) is 0 Å². The van der Waals surface area contributed by atoms with Crippen LogP contribution < -0.4 is 0 Å². The van der Waals surface area contributed by atoms with E-state index in [-0.39, 0.29) is 12.2 Å². The summed E-state index contributed by atoms with van der Waals surface area (Å²) < 4.78 is 30.5. The van der Waals surface area contributed by atoms with Crippen LogP contribution in [0, 0.1) is 28.6 Å². The first kappa shape index (κ1) is 27.1. The van der Waals surface area contributed by atoms with Gasteiger partial charge in [0, 0.05) is 25.2 Å². The minimum absolute atomic E-state index is 0.267. The number of ether oxygens (including phenoxy) is 5. The van der Waals surface area contributed by atoms with Crippen molar-refractivity contribution in [3.05, 3.63) is 12.2 Å². The molecule has 206 valence electrons. The fraction of sp³-hybridized carbons (Fsp3) is 0.933. The average molecular weight is 507 g/mol. The van der Waals surface area contributed by atoms with Crippen molar-refractivity contribution in [2.24, 2.45) is 28.6 Å². The maximum Gasteiger partial charge on any atom is 0.147 e. The van der Waals surface area contributed by atoms with Gasteiger partial charge in [0.1, 0.15) is 30.4 Å². The molecule has 4 fully saturated rings. The van der Waals surface area contributed by atoms with E-state index in [1.54, 1.807) is 0 Å². The first-order valence-electron chi connectivity index (χ1n) is 14.7. The molecule has 0 spiro atoms. The molecular weight excluding hydrogens is 456 g/mol. The molecule has 5 rings (SSSR count). The summed E-state index contributed by atoms with van der Waals surface area (Å²) in [6.45, 7) is 13.5. The van der Waals surface area contributed by atoms with Gasteiger partial charge in [-0.2, -0.15) is 0 Å². The lowest BCUT2D eigenvalue weighted by Crippen LogP contribution is -2.69. The van der Waals surface area contributed by atoms with Crippen molar-refractivity contribution in [3.63, 3.8) is 0 Å². The second-order valence-corrected chi connectivity index (χ2v) is 12.6. The summed E-state index contributed by atoms with van der Waals surface area (Å²) in [6, 6.07) is 0. The molecule has 0 bridgehead atoms. The highest BCUT2D eigenvalue weighted by Crippen LogP contribution is 2.72. The fourth-order valence-electron chi connectivity index (χ4n) is 9.27. The van der Waals surface area contributed by atoms with Gasteiger partial charge < -0.3 is 28.8 Å². The summed E-state index contributed by atoms with van der Waals surface area (Å²) >= 11 is 0. The van der Waals surface area contributed by atoms with Gasteiger partial charge in [-0.05, 0) is 102 Å². The van der Waals surface area contributed by atoms with Crippen LogP contribution in [0.25, 0.3) is 0 Å². The lowest BCUT2D eigenvalue weighted by molar-refractivity contribution is -0.285. The number of aliphatic hydroxyl groups is 1. The third kappa shape index (κ3) is 3.80. The van der Waals surface area contributed by atoms with Crippen LogP contribution in [-0.2, 0) is 23.7 Å². The highest BCUT2D eigenvalue weighted by atomic mass is 16.7. The van der Waals surface area contributed by atoms with Crippen molar-refractivity contribution < 1.29 is 28.8 Å². The van der Waals surface area contributed by atoms with Gasteiger partial charge in [-0.1, -0.05) is 26.0 Å². The van der Waals surface area contributed by atoms with Crippen molar-refractivity contribution in [3.8, 4) is 0 Å². The van der Waals surface area contributed by atoms with Crippen molar-refractivity contribution in [1.82, 2.24) is 0 Å². The van der Waals surface area contributed by atoms with Crippen molar-refractivity contribution in [2.75, 3.05) is 33.4 Å². The van der Waals surface area contributed by atoms with Crippen molar-refractivity contribution in [2.45, 2.75) is 115 Å². The summed E-state index contributed by atoms with van der Waals surface area (Å²) in [5, 5.41) is 12.5. The summed E-state index contributed by atoms with van der Waals surface area (Å²) in [5.74, 6) is 1.59. The smallest absolute Gasteiger partial charge is 0.147 e. The Balaban J connectivity index is 1.43. The first-order valence-corrected chi connectivity index (χ1v) is 14.7. The molecular formula is C30H50O6. The van der Waals surface area contributed by atoms with Crippen molar-refractivity contribution in [1.29, 1.82) is 0 Å². The topological polar surface area (TPSA) is 66.4 Å². The average Bonchev–Trinajstić information content (AvgIpc) is 3.61. The normalized spacial score (nSPS) is 46.7. The summed E-state index contributed by atoms with van der Waals surface area (Å²) in [7, 11) is 0. The maximum atomic E-state index is 12.5. The van der Waals surface area contributed by atoms with Gasteiger partial charge in [0.15, 0.2) is 0 Å². The van der Waals surface area contributed by atoms with E-state index in [1.165, 1.54) is 12.8 Å². The van der Waals surface area contributed by atoms with Crippen LogP contribution in [0.5, 0.6) is 0 Å². The van der Waals surface area contributed by atoms with Gasteiger partial charge in [-0.3, -0.25) is 0 Å². The Morgan fingerprint density at radius 2 is 1.53 bits per heavy atom. The minimum Gasteiger partial charge on any atom is -0.382 e. The van der Waals surface area contributed by atoms with E-state index in [0.29, 0.717) is 50.5 Å². The van der Waals surface area contributed by atoms with Crippen molar-refractivity contribution >= 4 is 0 Å². The van der Waals surface area contributed by atoms with E-state index in [9.17, 15) is 5.11 Å². The van der Waals surface area contributed by atoms with Crippen LogP contribution in [0.2, 0.25) is 0 Å². The molecule has 6 nitrogen and oxygen atoms in total. The highest BCUT2D eigenvalue weighted by Gasteiger charge is 2.77. The van der Waals surface area contributed by atoms with E-state index < -0.39 is 22.2 Å². The summed E-state index contributed by atoms with van der Waals surface area (Å²) in [4.78, 5) is 0.